The monoisotopic (exact) mass is 420 g/mol. The summed E-state index contributed by atoms with van der Waals surface area (Å²) >= 11 is 0. The summed E-state index contributed by atoms with van der Waals surface area (Å²) in [5.41, 5.74) is 0.280. The highest BCUT2D eigenvalue weighted by atomic mass is 16.6. The maximum atomic E-state index is 12.5. The number of piperidine rings is 1. The smallest absolute Gasteiger partial charge is 0.310 e. The molecule has 1 fully saturated rings. The number of nitro groups is 1. The lowest BCUT2D eigenvalue weighted by Gasteiger charge is -2.32. The highest BCUT2D eigenvalue weighted by molar-refractivity contribution is 5.85. The summed E-state index contributed by atoms with van der Waals surface area (Å²) in [5, 5.41) is 13.9. The summed E-state index contributed by atoms with van der Waals surface area (Å²) in [6.45, 7) is 3.03. The van der Waals surface area contributed by atoms with Crippen molar-refractivity contribution >= 4 is 29.2 Å². The van der Waals surface area contributed by atoms with Crippen molar-refractivity contribution in [3.63, 3.8) is 0 Å². The summed E-state index contributed by atoms with van der Waals surface area (Å²) in [5.74, 6) is -1.09. The van der Waals surface area contributed by atoms with Crippen LogP contribution in [0.2, 0.25) is 0 Å². The third-order valence-electron chi connectivity index (χ3n) is 4.95. The highest BCUT2D eigenvalue weighted by Gasteiger charge is 2.30. The van der Waals surface area contributed by atoms with Crippen LogP contribution in [0.1, 0.15) is 26.2 Å². The van der Waals surface area contributed by atoms with Gasteiger partial charge >= 0.3 is 5.97 Å². The molecule has 164 valence electrons. The van der Waals surface area contributed by atoms with E-state index in [2.05, 4.69) is 5.32 Å². The van der Waals surface area contributed by atoms with Crippen LogP contribution in [0.3, 0.4) is 0 Å². The van der Waals surface area contributed by atoms with Gasteiger partial charge in [-0.15, -0.1) is 0 Å². The molecule has 0 saturated carbocycles. The van der Waals surface area contributed by atoms with E-state index < -0.39 is 4.92 Å². The number of carbonyl (C=O) groups is 3. The van der Waals surface area contributed by atoms with Crippen LogP contribution < -0.4 is 5.32 Å². The molecule has 1 aliphatic heterocycles. The van der Waals surface area contributed by atoms with E-state index in [0.29, 0.717) is 38.2 Å². The van der Waals surface area contributed by atoms with E-state index in [1.54, 1.807) is 30.0 Å². The number of nitrogens with one attached hydrogen (secondary N) is 1. The maximum absolute atomic E-state index is 12.5. The van der Waals surface area contributed by atoms with E-state index in [9.17, 15) is 24.5 Å². The van der Waals surface area contributed by atoms with Crippen molar-refractivity contribution in [1.29, 1.82) is 0 Å². The molecular weight excluding hydrogens is 392 g/mol. The molecule has 2 amide bonds. The van der Waals surface area contributed by atoms with E-state index in [4.69, 9.17) is 4.74 Å². The van der Waals surface area contributed by atoms with Crippen LogP contribution >= 0.6 is 0 Å². The minimum atomic E-state index is -0.489. The number of hydrogen-bond acceptors (Lipinski definition) is 7. The number of amides is 2. The predicted molar refractivity (Wildman–Crippen MR) is 110 cm³/mol. The van der Waals surface area contributed by atoms with Gasteiger partial charge in [0.15, 0.2) is 0 Å². The first-order valence-electron chi connectivity index (χ1n) is 9.99. The van der Waals surface area contributed by atoms with Crippen LogP contribution in [0.5, 0.6) is 0 Å². The Balaban J connectivity index is 1.80. The molecule has 30 heavy (non-hydrogen) atoms. The number of nitro benzene ring substituents is 1. The summed E-state index contributed by atoms with van der Waals surface area (Å²) in [4.78, 5) is 50.3. The van der Waals surface area contributed by atoms with Gasteiger partial charge in [-0.1, -0.05) is 12.1 Å². The van der Waals surface area contributed by atoms with Gasteiger partial charge in [0.25, 0.3) is 5.69 Å². The Hall–Kier alpha value is -3.17. The molecule has 0 aliphatic carbocycles. The molecule has 1 aliphatic rings. The average molecular weight is 420 g/mol. The van der Waals surface area contributed by atoms with Crippen LogP contribution in [-0.2, 0) is 19.1 Å². The summed E-state index contributed by atoms with van der Waals surface area (Å²) in [6.07, 6.45) is 1.49. The third-order valence-corrected chi connectivity index (χ3v) is 4.95. The fourth-order valence-electron chi connectivity index (χ4n) is 3.32. The number of carbonyl (C=O) groups excluding carboxylic acids is 3. The largest absolute Gasteiger partial charge is 0.466 e. The van der Waals surface area contributed by atoms with E-state index in [-0.39, 0.29) is 48.9 Å². The number of hydrogen-bond donors (Lipinski definition) is 1. The Labute approximate surface area is 175 Å². The number of rotatable bonds is 9. The van der Waals surface area contributed by atoms with Gasteiger partial charge in [0.1, 0.15) is 5.69 Å². The van der Waals surface area contributed by atoms with Gasteiger partial charge in [0, 0.05) is 39.2 Å². The number of anilines is 1. The predicted octanol–water partition coefficient (Wildman–Crippen LogP) is 1.66. The second kappa shape index (κ2) is 11.1. The zero-order chi connectivity index (χ0) is 22.1. The number of likely N-dealkylation sites (N-methyl/N-ethyl adjacent to an activating group) is 1. The molecule has 10 nitrogen and oxygen atoms in total. The Morgan fingerprint density at radius 3 is 2.77 bits per heavy atom. The van der Waals surface area contributed by atoms with Crippen molar-refractivity contribution in [1.82, 2.24) is 9.80 Å². The molecule has 0 aromatic heterocycles. The first-order valence-corrected chi connectivity index (χ1v) is 9.99. The van der Waals surface area contributed by atoms with Gasteiger partial charge < -0.3 is 19.9 Å². The Kier molecular flexibility index (Phi) is 8.57. The van der Waals surface area contributed by atoms with Crippen molar-refractivity contribution in [2.24, 2.45) is 5.92 Å². The van der Waals surface area contributed by atoms with Gasteiger partial charge in [-0.05, 0) is 25.8 Å². The first kappa shape index (κ1) is 23.1. The number of benzene rings is 1. The van der Waals surface area contributed by atoms with Gasteiger partial charge in [-0.25, -0.2) is 0 Å². The molecule has 2 rings (SSSR count). The zero-order valence-electron chi connectivity index (χ0n) is 17.3. The average Bonchev–Trinajstić information content (AvgIpc) is 2.74. The molecule has 1 aromatic carbocycles. The van der Waals surface area contributed by atoms with Crippen LogP contribution in [0.4, 0.5) is 11.4 Å². The maximum Gasteiger partial charge on any atom is 0.310 e. The second-order valence-electron chi connectivity index (χ2n) is 7.13. The molecule has 1 aromatic rings. The second-order valence-corrected chi connectivity index (χ2v) is 7.13. The Bertz CT molecular complexity index is 784. The fourth-order valence-corrected chi connectivity index (χ4v) is 3.32. The molecule has 0 radical (unpaired) electrons. The van der Waals surface area contributed by atoms with Gasteiger partial charge in [0.05, 0.1) is 24.0 Å². The minimum Gasteiger partial charge on any atom is -0.466 e. The quantitative estimate of drug-likeness (QED) is 0.366. The van der Waals surface area contributed by atoms with Crippen LogP contribution in [0.25, 0.3) is 0 Å². The van der Waals surface area contributed by atoms with Crippen molar-refractivity contribution in [2.75, 3.05) is 45.2 Å². The highest BCUT2D eigenvalue weighted by Crippen LogP contribution is 2.23. The molecule has 1 saturated heterocycles. The number of para-hydroxylation sites is 2. The van der Waals surface area contributed by atoms with Crippen LogP contribution in [0, 0.1) is 16.0 Å². The third kappa shape index (κ3) is 6.43. The molecule has 1 N–H and O–H groups in total. The van der Waals surface area contributed by atoms with Crippen LogP contribution in [0.15, 0.2) is 24.3 Å². The first-order chi connectivity index (χ1) is 14.3. The number of nitrogens with zero attached hydrogens (tertiary/aromatic N) is 3. The Morgan fingerprint density at radius 2 is 2.07 bits per heavy atom. The number of ether oxygens (including phenoxy) is 1. The van der Waals surface area contributed by atoms with E-state index in [1.807, 2.05) is 0 Å². The lowest BCUT2D eigenvalue weighted by Crippen LogP contribution is -2.47. The van der Waals surface area contributed by atoms with Gasteiger partial charge in [0.2, 0.25) is 11.8 Å². The minimum absolute atomic E-state index is 0.0604. The molecule has 0 spiro atoms. The Morgan fingerprint density at radius 1 is 1.33 bits per heavy atom. The fraction of sp³-hybridized carbons (Fsp3) is 0.550. The van der Waals surface area contributed by atoms with E-state index in [0.717, 1.165) is 0 Å². The topological polar surface area (TPSA) is 122 Å². The summed E-state index contributed by atoms with van der Waals surface area (Å²) < 4.78 is 5.04. The summed E-state index contributed by atoms with van der Waals surface area (Å²) in [6, 6.07) is 6.20. The van der Waals surface area contributed by atoms with Crippen molar-refractivity contribution < 1.29 is 24.0 Å². The summed E-state index contributed by atoms with van der Waals surface area (Å²) in [7, 11) is 1.54. The van der Waals surface area contributed by atoms with Crippen molar-refractivity contribution in [3.05, 3.63) is 34.4 Å². The SMILES string of the molecule is CCOC(=O)C1CCCN(C(=O)CN(C)C(=O)CCNc2ccccc2[N+](=O)[O-])C1. The normalized spacial score (nSPS) is 15.9. The lowest BCUT2D eigenvalue weighted by molar-refractivity contribution is -0.384. The number of esters is 1. The van der Waals surface area contributed by atoms with E-state index >= 15 is 0 Å². The van der Waals surface area contributed by atoms with Gasteiger partial charge in [-0.2, -0.15) is 0 Å². The molecule has 1 unspecified atom stereocenters. The van der Waals surface area contributed by atoms with Crippen molar-refractivity contribution in [3.8, 4) is 0 Å². The lowest BCUT2D eigenvalue weighted by atomic mass is 9.98. The van der Waals surface area contributed by atoms with E-state index in [1.165, 1.54) is 18.0 Å². The molecule has 10 heteroatoms. The standard InChI is InChI=1S/C20H28N4O6/c1-3-30-20(27)15-7-6-12-23(13-15)19(26)14-22(2)18(25)10-11-21-16-8-4-5-9-17(16)24(28)29/h4-5,8-9,15,21H,3,6-7,10-14H2,1-2H3. The zero-order valence-corrected chi connectivity index (χ0v) is 17.3. The molecule has 1 atom stereocenters. The molecular formula is C20H28N4O6. The van der Waals surface area contributed by atoms with Gasteiger partial charge in [-0.3, -0.25) is 24.5 Å². The molecule has 1 heterocycles. The number of likely N-dealkylation sites (tertiary alicyclic amines) is 1. The van der Waals surface area contributed by atoms with Crippen LogP contribution in [-0.4, -0.2) is 72.3 Å². The molecule has 0 bridgehead atoms. The van der Waals surface area contributed by atoms with Crippen molar-refractivity contribution in [2.45, 2.75) is 26.2 Å².